The summed E-state index contributed by atoms with van der Waals surface area (Å²) in [5.41, 5.74) is 7.48. The van der Waals surface area contributed by atoms with Crippen molar-refractivity contribution < 1.29 is 9.53 Å². The van der Waals surface area contributed by atoms with Gasteiger partial charge in [0.2, 0.25) is 0 Å². The van der Waals surface area contributed by atoms with Crippen molar-refractivity contribution >= 4 is 28.8 Å². The summed E-state index contributed by atoms with van der Waals surface area (Å²) in [5, 5.41) is 6.20. The molecule has 2 aromatic rings. The first-order valence-corrected chi connectivity index (χ1v) is 7.55. The van der Waals surface area contributed by atoms with Gasteiger partial charge in [0.1, 0.15) is 11.4 Å². The molecule has 0 aliphatic rings. The lowest BCUT2D eigenvalue weighted by atomic mass is 10.2. The average molecular weight is 306 g/mol. The van der Waals surface area contributed by atoms with E-state index in [1.54, 1.807) is 24.3 Å². The van der Waals surface area contributed by atoms with Crippen molar-refractivity contribution in [3.8, 4) is 0 Å². The lowest BCUT2D eigenvalue weighted by molar-refractivity contribution is 0.0527. The van der Waals surface area contributed by atoms with Crippen molar-refractivity contribution in [1.82, 2.24) is 9.97 Å². The van der Waals surface area contributed by atoms with Gasteiger partial charge in [0.15, 0.2) is 0 Å². The van der Waals surface area contributed by atoms with E-state index in [4.69, 9.17) is 10.5 Å². The maximum absolute atomic E-state index is 11.9. The minimum atomic E-state index is -0.426. The van der Waals surface area contributed by atoms with Crippen LogP contribution in [0.5, 0.6) is 0 Å². The Morgan fingerprint density at radius 2 is 2.33 bits per heavy atom. The highest BCUT2D eigenvalue weighted by atomic mass is 32.1. The van der Waals surface area contributed by atoms with Crippen LogP contribution in [0.15, 0.2) is 17.6 Å². The third-order valence-corrected chi connectivity index (χ3v) is 3.73. The Bertz CT molecular complexity index is 627. The van der Waals surface area contributed by atoms with E-state index < -0.39 is 5.97 Å². The number of carbonyl (C=O) groups is 1. The SMILES string of the molecule is CCOC(=O)c1cc(N)cnc1NCCc1nc(C)cs1. The molecule has 0 unspecified atom stereocenters. The van der Waals surface area contributed by atoms with E-state index in [1.807, 2.05) is 12.3 Å². The smallest absolute Gasteiger partial charge is 0.341 e. The highest BCUT2D eigenvalue weighted by molar-refractivity contribution is 7.09. The molecule has 0 fully saturated rings. The van der Waals surface area contributed by atoms with Gasteiger partial charge in [0.05, 0.1) is 23.5 Å². The van der Waals surface area contributed by atoms with E-state index in [0.29, 0.717) is 30.2 Å². The lowest BCUT2D eigenvalue weighted by Crippen LogP contribution is -2.13. The Kier molecular flexibility index (Phi) is 5.10. The number of nitrogens with one attached hydrogen (secondary N) is 1. The summed E-state index contributed by atoms with van der Waals surface area (Å²) in [6.45, 7) is 4.67. The second kappa shape index (κ2) is 7.03. The number of anilines is 2. The maximum atomic E-state index is 11.9. The minimum Gasteiger partial charge on any atom is -0.462 e. The van der Waals surface area contributed by atoms with Crippen molar-refractivity contribution in [2.45, 2.75) is 20.3 Å². The van der Waals surface area contributed by atoms with Gasteiger partial charge in [-0.1, -0.05) is 0 Å². The number of ether oxygens (including phenoxy) is 1. The average Bonchev–Trinajstić information content (AvgIpc) is 2.86. The zero-order valence-corrected chi connectivity index (χ0v) is 12.9. The normalized spacial score (nSPS) is 10.4. The van der Waals surface area contributed by atoms with Gasteiger partial charge in [0.25, 0.3) is 0 Å². The molecule has 112 valence electrons. The Morgan fingerprint density at radius 1 is 1.52 bits per heavy atom. The highest BCUT2D eigenvalue weighted by Gasteiger charge is 2.14. The second-order valence-electron chi connectivity index (χ2n) is 4.44. The number of pyridine rings is 1. The fourth-order valence-electron chi connectivity index (χ4n) is 1.79. The van der Waals surface area contributed by atoms with Crippen LogP contribution in [0.25, 0.3) is 0 Å². The Balaban J connectivity index is 2.03. The summed E-state index contributed by atoms with van der Waals surface area (Å²) in [6.07, 6.45) is 2.28. The maximum Gasteiger partial charge on any atom is 0.341 e. The van der Waals surface area contributed by atoms with Crippen LogP contribution in [0.4, 0.5) is 11.5 Å². The highest BCUT2D eigenvalue weighted by Crippen LogP contribution is 2.17. The Morgan fingerprint density at radius 3 is 3.00 bits per heavy atom. The van der Waals surface area contributed by atoms with Crippen LogP contribution < -0.4 is 11.1 Å². The number of esters is 1. The standard InChI is InChI=1S/C14H18N4O2S/c1-3-20-14(19)11-6-10(15)7-17-13(11)16-5-4-12-18-9(2)8-21-12/h6-8H,3-5,15H2,1-2H3,(H,16,17). The quantitative estimate of drug-likeness (QED) is 0.796. The molecule has 0 bridgehead atoms. The van der Waals surface area contributed by atoms with Gasteiger partial charge in [-0.3, -0.25) is 0 Å². The van der Waals surface area contributed by atoms with Crippen LogP contribution in [-0.4, -0.2) is 29.1 Å². The van der Waals surface area contributed by atoms with E-state index in [2.05, 4.69) is 15.3 Å². The first-order valence-electron chi connectivity index (χ1n) is 6.67. The van der Waals surface area contributed by atoms with Gasteiger partial charge >= 0.3 is 5.97 Å². The fraction of sp³-hybridized carbons (Fsp3) is 0.357. The number of rotatable bonds is 6. The number of nitrogens with zero attached hydrogens (tertiary/aromatic N) is 2. The number of nitrogen functional groups attached to an aromatic ring is 1. The molecule has 0 radical (unpaired) electrons. The summed E-state index contributed by atoms with van der Waals surface area (Å²) in [4.78, 5) is 20.4. The number of nitrogens with two attached hydrogens (primary N) is 1. The molecule has 0 aliphatic heterocycles. The molecule has 0 saturated heterocycles. The first kappa shape index (κ1) is 15.2. The molecular formula is C14H18N4O2S. The third-order valence-electron chi connectivity index (χ3n) is 2.70. The molecule has 6 nitrogen and oxygen atoms in total. The second-order valence-corrected chi connectivity index (χ2v) is 5.39. The third kappa shape index (κ3) is 4.16. The summed E-state index contributed by atoms with van der Waals surface area (Å²) in [5.74, 6) is 0.0563. The predicted octanol–water partition coefficient (Wildman–Crippen LogP) is 2.26. The number of thiazole rings is 1. The van der Waals surface area contributed by atoms with Gasteiger partial charge in [-0.2, -0.15) is 0 Å². The molecule has 0 atom stereocenters. The molecule has 21 heavy (non-hydrogen) atoms. The zero-order valence-electron chi connectivity index (χ0n) is 12.0. The number of carbonyl (C=O) groups excluding carboxylic acids is 1. The van der Waals surface area contributed by atoms with Gasteiger partial charge in [-0.25, -0.2) is 14.8 Å². The zero-order chi connectivity index (χ0) is 15.2. The van der Waals surface area contributed by atoms with Crippen molar-refractivity contribution in [2.75, 3.05) is 24.2 Å². The molecule has 0 aliphatic carbocycles. The molecule has 2 aromatic heterocycles. The topological polar surface area (TPSA) is 90.1 Å². The van der Waals surface area contributed by atoms with Gasteiger partial charge < -0.3 is 15.8 Å². The molecule has 7 heteroatoms. The van der Waals surface area contributed by atoms with E-state index in [1.165, 1.54) is 6.20 Å². The van der Waals surface area contributed by atoms with Crippen LogP contribution in [0.1, 0.15) is 28.0 Å². The van der Waals surface area contributed by atoms with E-state index in [0.717, 1.165) is 17.1 Å². The molecule has 0 aromatic carbocycles. The van der Waals surface area contributed by atoms with Gasteiger partial charge in [0, 0.05) is 24.0 Å². The van der Waals surface area contributed by atoms with Gasteiger partial charge in [-0.15, -0.1) is 11.3 Å². The van der Waals surface area contributed by atoms with Gasteiger partial charge in [-0.05, 0) is 19.9 Å². The van der Waals surface area contributed by atoms with E-state index in [9.17, 15) is 4.79 Å². The van der Waals surface area contributed by atoms with E-state index in [-0.39, 0.29) is 0 Å². The monoisotopic (exact) mass is 306 g/mol. The fourth-order valence-corrected chi connectivity index (χ4v) is 2.57. The van der Waals surface area contributed by atoms with Crippen LogP contribution in [-0.2, 0) is 11.2 Å². The van der Waals surface area contributed by atoms with Crippen LogP contribution in [0.3, 0.4) is 0 Å². The summed E-state index contributed by atoms with van der Waals surface area (Å²) in [7, 11) is 0. The molecule has 0 spiro atoms. The molecular weight excluding hydrogens is 288 g/mol. The minimum absolute atomic E-state index is 0.311. The number of aryl methyl sites for hydroxylation is 1. The lowest BCUT2D eigenvalue weighted by Gasteiger charge is -2.10. The molecule has 2 rings (SSSR count). The number of hydrogen-bond donors (Lipinski definition) is 2. The Labute approximate surface area is 127 Å². The van der Waals surface area contributed by atoms with Crippen molar-refractivity contribution in [3.63, 3.8) is 0 Å². The molecule has 2 heterocycles. The summed E-state index contributed by atoms with van der Waals surface area (Å²) in [6, 6.07) is 1.57. The largest absolute Gasteiger partial charge is 0.462 e. The van der Waals surface area contributed by atoms with Crippen molar-refractivity contribution in [1.29, 1.82) is 0 Å². The van der Waals surface area contributed by atoms with Crippen molar-refractivity contribution in [2.24, 2.45) is 0 Å². The number of hydrogen-bond acceptors (Lipinski definition) is 7. The Hall–Kier alpha value is -2.15. The van der Waals surface area contributed by atoms with Crippen LogP contribution >= 0.6 is 11.3 Å². The summed E-state index contributed by atoms with van der Waals surface area (Å²) < 4.78 is 5.01. The van der Waals surface area contributed by atoms with Crippen LogP contribution in [0, 0.1) is 6.92 Å². The van der Waals surface area contributed by atoms with E-state index >= 15 is 0 Å². The first-order chi connectivity index (χ1) is 10.1. The summed E-state index contributed by atoms with van der Waals surface area (Å²) >= 11 is 1.62. The van der Waals surface area contributed by atoms with Crippen molar-refractivity contribution in [3.05, 3.63) is 33.9 Å². The van der Waals surface area contributed by atoms with Crippen LogP contribution in [0.2, 0.25) is 0 Å². The number of aromatic nitrogens is 2. The molecule has 3 N–H and O–H groups in total. The molecule has 0 saturated carbocycles. The molecule has 0 amide bonds. The predicted molar refractivity (Wildman–Crippen MR) is 83.7 cm³/mol.